The van der Waals surface area contributed by atoms with Crippen LogP contribution in [0.15, 0.2) is 48.8 Å². The lowest BCUT2D eigenvalue weighted by molar-refractivity contribution is 0.177. The molecule has 5 nitrogen and oxygen atoms in total. The van der Waals surface area contributed by atoms with Gasteiger partial charge in [-0.05, 0) is 43.4 Å². The second-order valence-corrected chi connectivity index (χ2v) is 7.71. The van der Waals surface area contributed by atoms with Crippen molar-refractivity contribution in [1.29, 1.82) is 0 Å². The standard InChI is InChI=1S/C22H27N3O2/c1-27-20-8-3-2-7-19(20)22(11-5-12-22)16-24-21(26)25(18-9-10-18)15-17-6-4-13-23-14-17/h2-4,6-8,13-14,18H,5,9-12,15-16H2,1H3,(H,24,26). The molecule has 0 saturated heterocycles. The van der Waals surface area contributed by atoms with Crippen LogP contribution in [0.2, 0.25) is 0 Å². The largest absolute Gasteiger partial charge is 0.496 e. The lowest BCUT2D eigenvalue weighted by atomic mass is 9.64. The van der Waals surface area contributed by atoms with E-state index in [4.69, 9.17) is 4.74 Å². The van der Waals surface area contributed by atoms with Crippen LogP contribution in [-0.2, 0) is 12.0 Å². The fourth-order valence-electron chi connectivity index (χ4n) is 4.02. The summed E-state index contributed by atoms with van der Waals surface area (Å²) in [6.45, 7) is 1.27. The molecule has 0 bridgehead atoms. The number of carbonyl (C=O) groups excluding carboxylic acids is 1. The van der Waals surface area contributed by atoms with Crippen LogP contribution >= 0.6 is 0 Å². The number of carbonyl (C=O) groups is 1. The van der Waals surface area contributed by atoms with Crippen molar-refractivity contribution in [3.63, 3.8) is 0 Å². The summed E-state index contributed by atoms with van der Waals surface area (Å²) in [6.07, 6.45) is 9.13. The lowest BCUT2D eigenvalue weighted by Crippen LogP contribution is -2.49. The summed E-state index contributed by atoms with van der Waals surface area (Å²) in [5, 5.41) is 3.23. The van der Waals surface area contributed by atoms with E-state index in [1.165, 1.54) is 12.0 Å². The van der Waals surface area contributed by atoms with Gasteiger partial charge in [0.05, 0.1) is 7.11 Å². The number of urea groups is 1. The highest BCUT2D eigenvalue weighted by molar-refractivity contribution is 5.75. The van der Waals surface area contributed by atoms with Gasteiger partial charge in [-0.1, -0.05) is 30.7 Å². The molecular weight excluding hydrogens is 338 g/mol. The molecule has 0 radical (unpaired) electrons. The first-order chi connectivity index (χ1) is 13.2. The van der Waals surface area contributed by atoms with Crippen LogP contribution in [0, 0.1) is 0 Å². The van der Waals surface area contributed by atoms with Crippen molar-refractivity contribution in [2.45, 2.75) is 50.1 Å². The van der Waals surface area contributed by atoms with E-state index in [-0.39, 0.29) is 11.4 Å². The Morgan fingerprint density at radius 1 is 1.26 bits per heavy atom. The van der Waals surface area contributed by atoms with E-state index in [1.54, 1.807) is 13.3 Å². The summed E-state index contributed by atoms with van der Waals surface area (Å²) < 4.78 is 5.58. The van der Waals surface area contributed by atoms with Gasteiger partial charge in [-0.25, -0.2) is 4.79 Å². The predicted molar refractivity (Wildman–Crippen MR) is 105 cm³/mol. The number of benzene rings is 1. The van der Waals surface area contributed by atoms with Crippen LogP contribution in [0.1, 0.15) is 43.2 Å². The molecule has 1 N–H and O–H groups in total. The Balaban J connectivity index is 1.45. The molecule has 1 aromatic carbocycles. The number of methoxy groups -OCH3 is 1. The zero-order chi connectivity index (χ0) is 18.7. The molecule has 0 aliphatic heterocycles. The molecule has 2 aliphatic carbocycles. The molecule has 1 heterocycles. The number of rotatable bonds is 7. The summed E-state index contributed by atoms with van der Waals surface area (Å²) in [5.41, 5.74) is 2.28. The highest BCUT2D eigenvalue weighted by Crippen LogP contribution is 2.46. The number of amides is 2. The van der Waals surface area contributed by atoms with Crippen molar-refractivity contribution in [2.75, 3.05) is 13.7 Å². The predicted octanol–water partition coefficient (Wildman–Crippen LogP) is 3.89. The number of nitrogens with one attached hydrogen (secondary N) is 1. The molecule has 4 rings (SSSR count). The zero-order valence-corrected chi connectivity index (χ0v) is 15.9. The van der Waals surface area contributed by atoms with Crippen molar-refractivity contribution in [1.82, 2.24) is 15.2 Å². The summed E-state index contributed by atoms with van der Waals surface area (Å²) >= 11 is 0. The van der Waals surface area contributed by atoms with Gasteiger partial charge in [0, 0.05) is 42.5 Å². The molecule has 27 heavy (non-hydrogen) atoms. The van der Waals surface area contributed by atoms with Gasteiger partial charge in [-0.15, -0.1) is 0 Å². The van der Waals surface area contributed by atoms with Gasteiger partial charge in [-0.2, -0.15) is 0 Å². The maximum Gasteiger partial charge on any atom is 0.317 e. The quantitative estimate of drug-likeness (QED) is 0.810. The van der Waals surface area contributed by atoms with E-state index in [0.29, 0.717) is 19.1 Å². The number of para-hydroxylation sites is 1. The average molecular weight is 365 g/mol. The SMILES string of the molecule is COc1ccccc1C1(CNC(=O)N(Cc2cccnc2)C2CC2)CCC1. The number of pyridine rings is 1. The lowest BCUT2D eigenvalue weighted by Gasteiger charge is -2.43. The summed E-state index contributed by atoms with van der Waals surface area (Å²) in [5.74, 6) is 0.917. The molecule has 142 valence electrons. The second kappa shape index (κ2) is 7.59. The first-order valence-electron chi connectivity index (χ1n) is 9.79. The van der Waals surface area contributed by atoms with Gasteiger partial charge in [0.25, 0.3) is 0 Å². The van der Waals surface area contributed by atoms with Crippen LogP contribution in [-0.4, -0.2) is 35.6 Å². The van der Waals surface area contributed by atoms with E-state index in [2.05, 4.69) is 22.4 Å². The molecule has 0 unspecified atom stereocenters. The van der Waals surface area contributed by atoms with E-state index in [9.17, 15) is 4.79 Å². The van der Waals surface area contributed by atoms with Gasteiger partial charge in [-0.3, -0.25) is 4.98 Å². The Morgan fingerprint density at radius 3 is 2.70 bits per heavy atom. The van der Waals surface area contributed by atoms with Gasteiger partial charge in [0.15, 0.2) is 0 Å². The molecule has 2 saturated carbocycles. The Bertz CT molecular complexity index is 785. The van der Waals surface area contributed by atoms with Crippen molar-refractivity contribution >= 4 is 6.03 Å². The highest BCUT2D eigenvalue weighted by atomic mass is 16.5. The first-order valence-corrected chi connectivity index (χ1v) is 9.79. The van der Waals surface area contributed by atoms with Crippen molar-refractivity contribution in [3.05, 3.63) is 59.9 Å². The highest BCUT2D eigenvalue weighted by Gasteiger charge is 2.41. The fourth-order valence-corrected chi connectivity index (χ4v) is 4.02. The van der Waals surface area contributed by atoms with E-state index < -0.39 is 0 Å². The van der Waals surface area contributed by atoms with Gasteiger partial charge in [0.1, 0.15) is 5.75 Å². The van der Waals surface area contributed by atoms with Crippen molar-refractivity contribution in [2.24, 2.45) is 0 Å². The number of aromatic nitrogens is 1. The molecule has 2 amide bonds. The van der Waals surface area contributed by atoms with E-state index >= 15 is 0 Å². The van der Waals surface area contributed by atoms with E-state index in [0.717, 1.165) is 37.0 Å². The molecule has 0 spiro atoms. The Morgan fingerprint density at radius 2 is 2.07 bits per heavy atom. The summed E-state index contributed by atoms with van der Waals surface area (Å²) in [7, 11) is 1.71. The van der Waals surface area contributed by atoms with Crippen molar-refractivity contribution < 1.29 is 9.53 Å². The topological polar surface area (TPSA) is 54.5 Å². The van der Waals surface area contributed by atoms with Crippen LogP contribution in [0.25, 0.3) is 0 Å². The molecular formula is C22H27N3O2. The molecule has 2 fully saturated rings. The number of ether oxygens (including phenoxy) is 1. The minimum atomic E-state index is -0.00815. The van der Waals surface area contributed by atoms with Gasteiger partial charge < -0.3 is 15.0 Å². The minimum Gasteiger partial charge on any atom is -0.496 e. The fraction of sp³-hybridized carbons (Fsp3) is 0.455. The number of hydrogen-bond acceptors (Lipinski definition) is 3. The third kappa shape index (κ3) is 3.77. The van der Waals surface area contributed by atoms with Crippen LogP contribution < -0.4 is 10.1 Å². The average Bonchev–Trinajstić information content (AvgIpc) is 3.51. The molecule has 2 aromatic rings. The van der Waals surface area contributed by atoms with E-state index in [1.807, 2.05) is 35.4 Å². The Labute approximate surface area is 160 Å². The maximum atomic E-state index is 13.0. The first kappa shape index (κ1) is 17.8. The van der Waals surface area contributed by atoms with Crippen LogP contribution in [0.5, 0.6) is 5.75 Å². The molecule has 1 aromatic heterocycles. The third-order valence-electron chi connectivity index (χ3n) is 5.89. The van der Waals surface area contributed by atoms with Crippen molar-refractivity contribution in [3.8, 4) is 5.75 Å². The Hall–Kier alpha value is -2.56. The maximum absolute atomic E-state index is 13.0. The second-order valence-electron chi connectivity index (χ2n) is 7.71. The summed E-state index contributed by atoms with van der Waals surface area (Å²) in [6, 6.07) is 12.5. The molecule has 0 atom stereocenters. The summed E-state index contributed by atoms with van der Waals surface area (Å²) in [4.78, 5) is 19.1. The zero-order valence-electron chi connectivity index (χ0n) is 15.9. The monoisotopic (exact) mass is 365 g/mol. The smallest absolute Gasteiger partial charge is 0.317 e. The molecule has 2 aliphatic rings. The molecule has 5 heteroatoms. The number of hydrogen-bond donors (Lipinski definition) is 1. The van der Waals surface area contributed by atoms with Gasteiger partial charge in [0.2, 0.25) is 0 Å². The van der Waals surface area contributed by atoms with Crippen LogP contribution in [0.3, 0.4) is 0 Å². The van der Waals surface area contributed by atoms with Crippen LogP contribution in [0.4, 0.5) is 4.79 Å². The normalized spacial score (nSPS) is 17.7. The number of nitrogens with zero attached hydrogens (tertiary/aromatic N) is 2. The minimum absolute atomic E-state index is 0.00815. The third-order valence-corrected chi connectivity index (χ3v) is 5.89. The Kier molecular flexibility index (Phi) is 5.01. The van der Waals surface area contributed by atoms with Gasteiger partial charge >= 0.3 is 6.03 Å².